The number of likely N-dealkylation sites (tertiary alicyclic amines) is 2. The lowest BCUT2D eigenvalue weighted by Crippen LogP contribution is -2.55. The van der Waals surface area contributed by atoms with Crippen LogP contribution in [-0.4, -0.2) is 57.6 Å². The van der Waals surface area contributed by atoms with Crippen molar-refractivity contribution in [1.29, 1.82) is 0 Å². The van der Waals surface area contributed by atoms with Gasteiger partial charge >= 0.3 is 0 Å². The van der Waals surface area contributed by atoms with Crippen molar-refractivity contribution in [2.45, 2.75) is 46.1 Å². The lowest BCUT2D eigenvalue weighted by atomic mass is 9.73. The third-order valence-corrected chi connectivity index (χ3v) is 5.36. The Kier molecular flexibility index (Phi) is 4.51. The van der Waals surface area contributed by atoms with E-state index >= 15 is 0 Å². The number of nitrogen functional groups attached to an aromatic ring is 1. The Labute approximate surface area is 142 Å². The van der Waals surface area contributed by atoms with Crippen LogP contribution < -0.4 is 5.73 Å². The van der Waals surface area contributed by atoms with Crippen molar-refractivity contribution in [1.82, 2.24) is 19.6 Å². The van der Waals surface area contributed by atoms with E-state index in [-0.39, 0.29) is 23.8 Å². The van der Waals surface area contributed by atoms with Gasteiger partial charge in [-0.2, -0.15) is 5.10 Å². The molecule has 7 heteroatoms. The van der Waals surface area contributed by atoms with Crippen LogP contribution in [0.3, 0.4) is 0 Å². The van der Waals surface area contributed by atoms with Crippen molar-refractivity contribution in [2.24, 2.45) is 5.41 Å². The van der Waals surface area contributed by atoms with Crippen LogP contribution in [0.25, 0.3) is 0 Å². The molecule has 0 bridgehead atoms. The first-order valence-corrected chi connectivity index (χ1v) is 8.78. The smallest absolute Gasteiger partial charge is 0.244 e. The normalized spacial score (nSPS) is 24.7. The van der Waals surface area contributed by atoms with Crippen LogP contribution >= 0.6 is 0 Å². The Hall–Kier alpha value is -2.05. The molecule has 1 atom stereocenters. The van der Waals surface area contributed by atoms with Crippen molar-refractivity contribution < 1.29 is 9.59 Å². The highest BCUT2D eigenvalue weighted by Crippen LogP contribution is 2.38. The number of anilines is 1. The van der Waals surface area contributed by atoms with Gasteiger partial charge < -0.3 is 15.5 Å². The lowest BCUT2D eigenvalue weighted by molar-refractivity contribution is -0.143. The first kappa shape index (κ1) is 16.8. The van der Waals surface area contributed by atoms with Crippen LogP contribution in [0, 0.1) is 12.3 Å². The summed E-state index contributed by atoms with van der Waals surface area (Å²) < 4.78 is 1.57. The van der Waals surface area contributed by atoms with E-state index in [4.69, 9.17) is 5.73 Å². The van der Waals surface area contributed by atoms with Crippen LogP contribution in [0.15, 0.2) is 6.07 Å². The zero-order chi connectivity index (χ0) is 17.3. The second-order valence-electron chi connectivity index (χ2n) is 7.19. The van der Waals surface area contributed by atoms with E-state index < -0.39 is 0 Å². The molecule has 132 valence electrons. The fourth-order valence-corrected chi connectivity index (χ4v) is 4.06. The number of rotatable bonds is 3. The minimum Gasteiger partial charge on any atom is -0.384 e. The van der Waals surface area contributed by atoms with Gasteiger partial charge in [-0.15, -0.1) is 0 Å². The average Bonchev–Trinajstić information content (AvgIpc) is 2.87. The summed E-state index contributed by atoms with van der Waals surface area (Å²) in [6.45, 7) is 7.10. The number of aromatic nitrogens is 2. The van der Waals surface area contributed by atoms with Crippen molar-refractivity contribution in [3.8, 4) is 0 Å². The summed E-state index contributed by atoms with van der Waals surface area (Å²) in [4.78, 5) is 28.5. The molecule has 2 amide bonds. The van der Waals surface area contributed by atoms with Gasteiger partial charge in [0.1, 0.15) is 12.4 Å². The molecule has 1 spiro atoms. The predicted molar refractivity (Wildman–Crippen MR) is 91.1 cm³/mol. The molecule has 0 aliphatic carbocycles. The zero-order valence-corrected chi connectivity index (χ0v) is 14.6. The Morgan fingerprint density at radius 2 is 2.17 bits per heavy atom. The molecule has 24 heavy (non-hydrogen) atoms. The number of piperidine rings is 2. The molecule has 0 saturated carbocycles. The molecule has 3 heterocycles. The number of aryl methyl sites for hydroxylation is 1. The van der Waals surface area contributed by atoms with Gasteiger partial charge in [0.25, 0.3) is 0 Å². The first-order valence-electron chi connectivity index (χ1n) is 8.78. The fourth-order valence-electron chi connectivity index (χ4n) is 4.06. The summed E-state index contributed by atoms with van der Waals surface area (Å²) in [5.41, 5.74) is 6.77. The Bertz CT molecular complexity index is 641. The standard InChI is InChI=1S/C17H27N5O2/c1-3-20-11-17(7-5-15(20)23)6-4-8-21(12-17)16(24)10-22-14(18)9-13(2)19-22/h9H,3-8,10-12,18H2,1-2H3. The van der Waals surface area contributed by atoms with Crippen molar-refractivity contribution in [3.63, 3.8) is 0 Å². The van der Waals surface area contributed by atoms with Crippen LogP contribution in [0.5, 0.6) is 0 Å². The molecule has 2 fully saturated rings. The molecule has 0 aromatic carbocycles. The molecule has 1 aromatic heterocycles. The number of carbonyl (C=O) groups excluding carboxylic acids is 2. The molecule has 7 nitrogen and oxygen atoms in total. The van der Waals surface area contributed by atoms with Gasteiger partial charge in [-0.05, 0) is 33.1 Å². The van der Waals surface area contributed by atoms with Gasteiger partial charge in [0.15, 0.2) is 0 Å². The molecular formula is C17H27N5O2. The van der Waals surface area contributed by atoms with E-state index in [9.17, 15) is 9.59 Å². The Morgan fingerprint density at radius 3 is 2.83 bits per heavy atom. The summed E-state index contributed by atoms with van der Waals surface area (Å²) in [5, 5.41) is 4.28. The topological polar surface area (TPSA) is 84.5 Å². The number of amides is 2. The third kappa shape index (κ3) is 3.25. The number of hydrogen-bond donors (Lipinski definition) is 1. The molecule has 2 N–H and O–H groups in total. The largest absolute Gasteiger partial charge is 0.384 e. The van der Waals surface area contributed by atoms with Gasteiger partial charge in [-0.1, -0.05) is 0 Å². The van der Waals surface area contributed by atoms with Crippen molar-refractivity contribution in [3.05, 3.63) is 11.8 Å². The van der Waals surface area contributed by atoms with E-state index in [1.807, 2.05) is 23.6 Å². The summed E-state index contributed by atoms with van der Waals surface area (Å²) >= 11 is 0. The molecule has 1 unspecified atom stereocenters. The van der Waals surface area contributed by atoms with Crippen LogP contribution in [0.2, 0.25) is 0 Å². The fraction of sp³-hybridized carbons (Fsp3) is 0.706. The summed E-state index contributed by atoms with van der Waals surface area (Å²) in [6.07, 6.45) is 3.56. The maximum absolute atomic E-state index is 12.7. The molecule has 1 aromatic rings. The SMILES string of the molecule is CCN1CC2(CCCN(C(=O)Cn3nc(C)cc3N)C2)CCC1=O. The number of nitrogens with two attached hydrogens (primary N) is 1. The number of carbonyl (C=O) groups is 2. The van der Waals surface area contributed by atoms with Crippen molar-refractivity contribution >= 4 is 17.6 Å². The quantitative estimate of drug-likeness (QED) is 0.895. The minimum absolute atomic E-state index is 0.0589. The molecular weight excluding hydrogens is 306 g/mol. The zero-order valence-electron chi connectivity index (χ0n) is 14.6. The van der Waals surface area contributed by atoms with Crippen LogP contribution in [-0.2, 0) is 16.1 Å². The van der Waals surface area contributed by atoms with Gasteiger partial charge in [-0.3, -0.25) is 9.59 Å². The highest BCUT2D eigenvalue weighted by molar-refractivity contribution is 5.78. The maximum Gasteiger partial charge on any atom is 0.244 e. The summed E-state index contributed by atoms with van der Waals surface area (Å²) in [5.74, 6) is 0.822. The van der Waals surface area contributed by atoms with Crippen LogP contribution in [0.1, 0.15) is 38.3 Å². The molecule has 2 saturated heterocycles. The highest BCUT2D eigenvalue weighted by Gasteiger charge is 2.42. The molecule has 3 rings (SSSR count). The van der Waals surface area contributed by atoms with E-state index in [2.05, 4.69) is 5.10 Å². The lowest BCUT2D eigenvalue weighted by Gasteiger charge is -2.48. The number of hydrogen-bond acceptors (Lipinski definition) is 4. The average molecular weight is 333 g/mol. The maximum atomic E-state index is 12.7. The van der Waals surface area contributed by atoms with Crippen LogP contribution in [0.4, 0.5) is 5.82 Å². The van der Waals surface area contributed by atoms with Gasteiger partial charge in [0.05, 0.1) is 5.69 Å². The third-order valence-electron chi connectivity index (χ3n) is 5.36. The van der Waals surface area contributed by atoms with E-state index in [1.165, 1.54) is 0 Å². The Balaban J connectivity index is 1.68. The summed E-state index contributed by atoms with van der Waals surface area (Å²) in [7, 11) is 0. The van der Waals surface area contributed by atoms with E-state index in [1.54, 1.807) is 10.7 Å². The second kappa shape index (κ2) is 6.45. The van der Waals surface area contributed by atoms with Gasteiger partial charge in [-0.25, -0.2) is 4.68 Å². The first-order chi connectivity index (χ1) is 11.4. The monoisotopic (exact) mass is 333 g/mol. The van der Waals surface area contributed by atoms with E-state index in [0.717, 1.165) is 51.1 Å². The second-order valence-corrected chi connectivity index (χ2v) is 7.19. The number of nitrogens with zero attached hydrogens (tertiary/aromatic N) is 4. The highest BCUT2D eigenvalue weighted by atomic mass is 16.2. The van der Waals surface area contributed by atoms with Crippen molar-refractivity contribution in [2.75, 3.05) is 31.9 Å². The molecule has 2 aliphatic heterocycles. The predicted octanol–water partition coefficient (Wildman–Crippen LogP) is 1.02. The minimum atomic E-state index is 0.0589. The molecule has 2 aliphatic rings. The summed E-state index contributed by atoms with van der Waals surface area (Å²) in [6, 6.07) is 1.77. The van der Waals surface area contributed by atoms with Gasteiger partial charge in [0, 0.05) is 44.1 Å². The Morgan fingerprint density at radius 1 is 1.38 bits per heavy atom. The van der Waals surface area contributed by atoms with Gasteiger partial charge in [0.2, 0.25) is 11.8 Å². The van der Waals surface area contributed by atoms with E-state index in [0.29, 0.717) is 12.2 Å². The molecule has 0 radical (unpaired) electrons.